The maximum absolute atomic E-state index is 4.58. The van der Waals surface area contributed by atoms with Gasteiger partial charge in [0.25, 0.3) is 0 Å². The van der Waals surface area contributed by atoms with E-state index in [9.17, 15) is 0 Å². The number of thiazole rings is 1. The van der Waals surface area contributed by atoms with E-state index in [2.05, 4.69) is 34.7 Å². The van der Waals surface area contributed by atoms with Crippen LogP contribution in [0.25, 0.3) is 0 Å². The van der Waals surface area contributed by atoms with Gasteiger partial charge >= 0.3 is 0 Å². The van der Waals surface area contributed by atoms with Crippen molar-refractivity contribution in [1.82, 2.24) is 4.98 Å². The molecule has 0 unspecified atom stereocenters. The Morgan fingerprint density at radius 1 is 1.18 bits per heavy atom. The van der Waals surface area contributed by atoms with Gasteiger partial charge in [0.2, 0.25) is 0 Å². The van der Waals surface area contributed by atoms with E-state index in [-0.39, 0.29) is 0 Å². The molecule has 0 saturated heterocycles. The zero-order chi connectivity index (χ0) is 11.9. The van der Waals surface area contributed by atoms with E-state index in [1.807, 2.05) is 18.2 Å². The van der Waals surface area contributed by atoms with Crippen molar-refractivity contribution in [3.63, 3.8) is 0 Å². The van der Waals surface area contributed by atoms with Crippen molar-refractivity contribution in [2.24, 2.45) is 0 Å². The maximum atomic E-state index is 4.58. The SMILES string of the molecule is CCCCCc1csc(Nc2ccccc2)n1. The minimum Gasteiger partial charge on any atom is -0.332 e. The zero-order valence-electron chi connectivity index (χ0n) is 10.1. The van der Waals surface area contributed by atoms with Crippen molar-refractivity contribution < 1.29 is 0 Å². The Hall–Kier alpha value is -1.35. The fourth-order valence-electron chi connectivity index (χ4n) is 1.68. The lowest BCUT2D eigenvalue weighted by Crippen LogP contribution is -1.90. The standard InChI is InChI=1S/C14H18N2S/c1-2-3-5-10-13-11-17-14(16-13)15-12-8-6-4-7-9-12/h4,6-9,11H,2-3,5,10H2,1H3,(H,15,16). The number of anilines is 2. The second-order valence-electron chi connectivity index (χ2n) is 4.09. The number of nitrogens with zero attached hydrogens (tertiary/aromatic N) is 1. The highest BCUT2D eigenvalue weighted by molar-refractivity contribution is 7.13. The summed E-state index contributed by atoms with van der Waals surface area (Å²) >= 11 is 1.68. The monoisotopic (exact) mass is 246 g/mol. The van der Waals surface area contributed by atoms with Crippen LogP contribution in [0.15, 0.2) is 35.7 Å². The lowest BCUT2D eigenvalue weighted by Gasteiger charge is -2.00. The van der Waals surface area contributed by atoms with Gasteiger partial charge in [-0.2, -0.15) is 0 Å². The third kappa shape index (κ3) is 3.86. The van der Waals surface area contributed by atoms with Gasteiger partial charge in [-0.05, 0) is 25.0 Å². The Balaban J connectivity index is 1.90. The van der Waals surface area contributed by atoms with Gasteiger partial charge in [-0.3, -0.25) is 0 Å². The van der Waals surface area contributed by atoms with Crippen LogP contribution in [0, 0.1) is 0 Å². The topological polar surface area (TPSA) is 24.9 Å². The molecule has 0 aliphatic carbocycles. The number of hydrogen-bond donors (Lipinski definition) is 1. The lowest BCUT2D eigenvalue weighted by atomic mass is 10.2. The van der Waals surface area contributed by atoms with E-state index < -0.39 is 0 Å². The summed E-state index contributed by atoms with van der Waals surface area (Å²) in [5, 5.41) is 6.46. The Kier molecular flexibility index (Phi) is 4.56. The number of aryl methyl sites for hydroxylation is 1. The molecule has 3 heteroatoms. The second kappa shape index (κ2) is 6.40. The number of hydrogen-bond acceptors (Lipinski definition) is 3. The van der Waals surface area contributed by atoms with Crippen LogP contribution in [0.5, 0.6) is 0 Å². The fourth-order valence-corrected chi connectivity index (χ4v) is 2.45. The summed E-state index contributed by atoms with van der Waals surface area (Å²) in [6.07, 6.45) is 4.89. The van der Waals surface area contributed by atoms with E-state index in [0.717, 1.165) is 17.2 Å². The largest absolute Gasteiger partial charge is 0.332 e. The van der Waals surface area contributed by atoms with E-state index in [1.54, 1.807) is 11.3 Å². The average Bonchev–Trinajstić information content (AvgIpc) is 2.79. The molecule has 0 aliphatic rings. The summed E-state index contributed by atoms with van der Waals surface area (Å²) in [6, 6.07) is 10.2. The molecule has 0 aliphatic heterocycles. The summed E-state index contributed by atoms with van der Waals surface area (Å²) in [4.78, 5) is 4.58. The van der Waals surface area contributed by atoms with Crippen molar-refractivity contribution >= 4 is 22.2 Å². The molecule has 2 aromatic rings. The van der Waals surface area contributed by atoms with Crippen molar-refractivity contribution in [2.75, 3.05) is 5.32 Å². The molecule has 1 aromatic heterocycles. The van der Waals surface area contributed by atoms with Crippen molar-refractivity contribution in [3.05, 3.63) is 41.4 Å². The first-order valence-electron chi connectivity index (χ1n) is 6.15. The summed E-state index contributed by atoms with van der Waals surface area (Å²) < 4.78 is 0. The first-order chi connectivity index (χ1) is 8.38. The van der Waals surface area contributed by atoms with Crippen LogP contribution in [0.4, 0.5) is 10.8 Å². The molecule has 0 bridgehead atoms. The smallest absolute Gasteiger partial charge is 0.187 e. The zero-order valence-corrected chi connectivity index (χ0v) is 11.0. The maximum Gasteiger partial charge on any atom is 0.187 e. The highest BCUT2D eigenvalue weighted by Gasteiger charge is 2.01. The lowest BCUT2D eigenvalue weighted by molar-refractivity contribution is 0.710. The number of rotatable bonds is 6. The minimum atomic E-state index is 0.989. The summed E-state index contributed by atoms with van der Waals surface area (Å²) in [5.74, 6) is 0. The molecule has 1 heterocycles. The third-order valence-corrected chi connectivity index (χ3v) is 3.42. The van der Waals surface area contributed by atoms with E-state index >= 15 is 0 Å². The number of aromatic nitrogens is 1. The first kappa shape index (κ1) is 12.1. The molecule has 2 rings (SSSR count). The van der Waals surface area contributed by atoms with Gasteiger partial charge in [0.05, 0.1) is 5.69 Å². The van der Waals surface area contributed by atoms with Crippen LogP contribution in [0.2, 0.25) is 0 Å². The summed E-state index contributed by atoms with van der Waals surface area (Å²) in [5.41, 5.74) is 2.31. The van der Waals surface area contributed by atoms with E-state index in [0.29, 0.717) is 0 Å². The minimum absolute atomic E-state index is 0.989. The normalized spacial score (nSPS) is 10.4. The Morgan fingerprint density at radius 2 is 2.00 bits per heavy atom. The van der Waals surface area contributed by atoms with E-state index in [4.69, 9.17) is 0 Å². The molecule has 17 heavy (non-hydrogen) atoms. The molecule has 0 saturated carbocycles. The van der Waals surface area contributed by atoms with Gasteiger partial charge < -0.3 is 5.32 Å². The molecule has 1 aromatic carbocycles. The van der Waals surface area contributed by atoms with Crippen molar-refractivity contribution in [1.29, 1.82) is 0 Å². The number of unbranched alkanes of at least 4 members (excludes halogenated alkanes) is 2. The predicted molar refractivity (Wildman–Crippen MR) is 75.1 cm³/mol. The van der Waals surface area contributed by atoms with Gasteiger partial charge in [0, 0.05) is 11.1 Å². The quantitative estimate of drug-likeness (QED) is 0.752. The molecule has 0 radical (unpaired) electrons. The Morgan fingerprint density at radius 3 is 2.76 bits per heavy atom. The van der Waals surface area contributed by atoms with Gasteiger partial charge in [0.15, 0.2) is 5.13 Å². The molecular weight excluding hydrogens is 228 g/mol. The van der Waals surface area contributed by atoms with Crippen LogP contribution in [0.3, 0.4) is 0 Å². The molecule has 2 nitrogen and oxygen atoms in total. The summed E-state index contributed by atoms with van der Waals surface area (Å²) in [7, 11) is 0. The van der Waals surface area contributed by atoms with Crippen molar-refractivity contribution in [2.45, 2.75) is 32.6 Å². The Labute approximate surface area is 107 Å². The molecule has 0 spiro atoms. The molecule has 0 atom stereocenters. The van der Waals surface area contributed by atoms with Crippen LogP contribution in [0.1, 0.15) is 31.9 Å². The number of para-hydroxylation sites is 1. The molecule has 90 valence electrons. The third-order valence-electron chi connectivity index (χ3n) is 2.61. The molecular formula is C14H18N2S. The predicted octanol–water partition coefficient (Wildman–Crippen LogP) is 4.62. The van der Waals surface area contributed by atoms with Crippen molar-refractivity contribution in [3.8, 4) is 0 Å². The van der Waals surface area contributed by atoms with Crippen LogP contribution in [-0.4, -0.2) is 4.98 Å². The highest BCUT2D eigenvalue weighted by atomic mass is 32.1. The fraction of sp³-hybridized carbons (Fsp3) is 0.357. The molecule has 0 fully saturated rings. The highest BCUT2D eigenvalue weighted by Crippen LogP contribution is 2.21. The molecule has 1 N–H and O–H groups in total. The van der Waals surface area contributed by atoms with Crippen LogP contribution in [-0.2, 0) is 6.42 Å². The van der Waals surface area contributed by atoms with E-state index in [1.165, 1.54) is 25.0 Å². The number of benzene rings is 1. The van der Waals surface area contributed by atoms with Crippen LogP contribution < -0.4 is 5.32 Å². The molecule has 0 amide bonds. The summed E-state index contributed by atoms with van der Waals surface area (Å²) in [6.45, 7) is 2.23. The van der Waals surface area contributed by atoms with Gasteiger partial charge in [0.1, 0.15) is 0 Å². The Bertz CT molecular complexity index is 436. The van der Waals surface area contributed by atoms with Gasteiger partial charge in [-0.25, -0.2) is 4.98 Å². The van der Waals surface area contributed by atoms with Gasteiger partial charge in [-0.1, -0.05) is 38.0 Å². The first-order valence-corrected chi connectivity index (χ1v) is 7.03. The number of nitrogens with one attached hydrogen (secondary N) is 1. The average molecular weight is 246 g/mol. The van der Waals surface area contributed by atoms with Crippen LogP contribution >= 0.6 is 11.3 Å². The second-order valence-corrected chi connectivity index (χ2v) is 4.95. The van der Waals surface area contributed by atoms with Gasteiger partial charge in [-0.15, -0.1) is 11.3 Å².